The average molecular weight is 231 g/mol. The van der Waals surface area contributed by atoms with Gasteiger partial charge in [-0.2, -0.15) is 5.10 Å². The summed E-state index contributed by atoms with van der Waals surface area (Å²) in [6.07, 6.45) is 6.39. The van der Waals surface area contributed by atoms with Crippen molar-refractivity contribution < 1.29 is 4.74 Å². The predicted octanol–water partition coefficient (Wildman–Crippen LogP) is 2.21. The maximum Gasteiger partial charge on any atom is 0.120 e. The van der Waals surface area contributed by atoms with Gasteiger partial charge in [0.05, 0.1) is 17.8 Å². The molecule has 0 spiro atoms. The summed E-state index contributed by atoms with van der Waals surface area (Å²) in [6, 6.07) is 6.40. The van der Waals surface area contributed by atoms with Crippen LogP contribution in [0, 0.1) is 0 Å². The highest BCUT2D eigenvalue weighted by Gasteiger charge is 2.19. The molecule has 2 aromatic rings. The zero-order valence-corrected chi connectivity index (χ0v) is 9.73. The van der Waals surface area contributed by atoms with Gasteiger partial charge in [-0.05, 0) is 43.9 Å². The number of aromatic amines is 1. The number of hydrogen-bond acceptors (Lipinski definition) is 3. The Labute approximate surface area is 100 Å². The molecular weight excluding hydrogens is 214 g/mol. The molecule has 0 saturated heterocycles. The van der Waals surface area contributed by atoms with Crippen LogP contribution in [0.15, 0.2) is 24.4 Å². The molecule has 3 rings (SSSR count). The van der Waals surface area contributed by atoms with Crippen LogP contribution in [0.3, 0.4) is 0 Å². The number of fused-ring (bicyclic) bond motifs is 1. The highest BCUT2D eigenvalue weighted by molar-refractivity contribution is 5.79. The number of aromatic nitrogens is 2. The molecule has 90 valence electrons. The monoisotopic (exact) mass is 231 g/mol. The third-order valence-electron chi connectivity index (χ3n) is 3.43. The molecule has 0 aliphatic heterocycles. The van der Waals surface area contributed by atoms with Crippen molar-refractivity contribution in [2.24, 2.45) is 5.73 Å². The minimum Gasteiger partial charge on any atom is -0.490 e. The number of nitrogens with two attached hydrogens (primary N) is 1. The largest absolute Gasteiger partial charge is 0.490 e. The van der Waals surface area contributed by atoms with Gasteiger partial charge in [0.25, 0.3) is 0 Å². The Hall–Kier alpha value is -1.55. The van der Waals surface area contributed by atoms with E-state index in [4.69, 9.17) is 10.5 Å². The summed E-state index contributed by atoms with van der Waals surface area (Å²) in [5.74, 6) is 0.930. The lowest BCUT2D eigenvalue weighted by Gasteiger charge is -2.26. The molecule has 1 aromatic carbocycles. The van der Waals surface area contributed by atoms with E-state index in [2.05, 4.69) is 10.2 Å². The second kappa shape index (κ2) is 4.37. The lowest BCUT2D eigenvalue weighted by molar-refractivity contribution is 0.147. The smallest absolute Gasteiger partial charge is 0.120 e. The normalized spacial score (nSPS) is 25.0. The zero-order chi connectivity index (χ0) is 11.7. The van der Waals surface area contributed by atoms with E-state index < -0.39 is 0 Å². The summed E-state index contributed by atoms with van der Waals surface area (Å²) in [7, 11) is 0. The van der Waals surface area contributed by atoms with E-state index in [1.54, 1.807) is 0 Å². The first-order valence-corrected chi connectivity index (χ1v) is 6.16. The fourth-order valence-corrected chi connectivity index (χ4v) is 2.39. The van der Waals surface area contributed by atoms with Crippen molar-refractivity contribution in [3.63, 3.8) is 0 Å². The van der Waals surface area contributed by atoms with Crippen molar-refractivity contribution in [2.75, 3.05) is 0 Å². The molecule has 1 saturated carbocycles. The van der Waals surface area contributed by atoms with Gasteiger partial charge in [0.1, 0.15) is 5.75 Å². The van der Waals surface area contributed by atoms with Gasteiger partial charge in [0, 0.05) is 11.4 Å². The molecule has 3 N–H and O–H groups in total. The van der Waals surface area contributed by atoms with E-state index in [1.165, 1.54) is 0 Å². The average Bonchev–Trinajstić information content (AvgIpc) is 2.79. The van der Waals surface area contributed by atoms with Gasteiger partial charge in [-0.1, -0.05) is 0 Å². The Morgan fingerprint density at radius 3 is 2.88 bits per heavy atom. The van der Waals surface area contributed by atoms with Crippen LogP contribution in [-0.4, -0.2) is 22.3 Å². The Morgan fingerprint density at radius 2 is 2.06 bits per heavy atom. The molecule has 0 unspecified atom stereocenters. The van der Waals surface area contributed by atoms with E-state index in [-0.39, 0.29) is 0 Å². The van der Waals surface area contributed by atoms with Crippen LogP contribution in [0.5, 0.6) is 5.75 Å². The van der Waals surface area contributed by atoms with Crippen molar-refractivity contribution in [1.29, 1.82) is 0 Å². The Kier molecular flexibility index (Phi) is 2.73. The molecule has 1 aliphatic rings. The summed E-state index contributed by atoms with van der Waals surface area (Å²) in [6.45, 7) is 0. The Bertz CT molecular complexity index is 500. The first-order valence-electron chi connectivity index (χ1n) is 6.16. The molecular formula is C13H17N3O. The second-order valence-corrected chi connectivity index (χ2v) is 4.77. The van der Waals surface area contributed by atoms with Crippen LogP contribution in [0.1, 0.15) is 25.7 Å². The lowest BCUT2D eigenvalue weighted by Crippen LogP contribution is -2.31. The second-order valence-electron chi connectivity index (χ2n) is 4.77. The lowest BCUT2D eigenvalue weighted by atomic mass is 9.94. The molecule has 17 heavy (non-hydrogen) atoms. The van der Waals surface area contributed by atoms with Gasteiger partial charge in [0.2, 0.25) is 0 Å². The Balaban J connectivity index is 1.71. The summed E-state index contributed by atoms with van der Waals surface area (Å²) in [5, 5.41) is 8.03. The van der Waals surface area contributed by atoms with E-state index in [0.717, 1.165) is 42.3 Å². The zero-order valence-electron chi connectivity index (χ0n) is 9.73. The number of nitrogens with one attached hydrogen (secondary N) is 1. The Morgan fingerprint density at radius 1 is 1.24 bits per heavy atom. The molecule has 1 aliphatic carbocycles. The predicted molar refractivity (Wildman–Crippen MR) is 67.0 cm³/mol. The molecule has 0 bridgehead atoms. The molecule has 1 fully saturated rings. The van der Waals surface area contributed by atoms with E-state index in [0.29, 0.717) is 12.1 Å². The molecule has 4 heteroatoms. The number of benzene rings is 1. The fraction of sp³-hybridized carbons (Fsp3) is 0.462. The van der Waals surface area contributed by atoms with Crippen LogP contribution in [0.25, 0.3) is 10.9 Å². The minimum atomic E-state index is 0.319. The number of nitrogens with zero attached hydrogens (tertiary/aromatic N) is 1. The fourth-order valence-electron chi connectivity index (χ4n) is 2.39. The van der Waals surface area contributed by atoms with Crippen molar-refractivity contribution in [3.05, 3.63) is 24.4 Å². The van der Waals surface area contributed by atoms with Crippen LogP contribution in [-0.2, 0) is 0 Å². The van der Waals surface area contributed by atoms with Crippen LogP contribution in [0.2, 0.25) is 0 Å². The van der Waals surface area contributed by atoms with E-state index in [9.17, 15) is 0 Å². The van der Waals surface area contributed by atoms with Gasteiger partial charge < -0.3 is 10.5 Å². The SMILES string of the molecule is N[C@H]1CC[C@H](Oc2ccc3[nH]ncc3c2)CC1. The van der Waals surface area contributed by atoms with Gasteiger partial charge >= 0.3 is 0 Å². The highest BCUT2D eigenvalue weighted by atomic mass is 16.5. The quantitative estimate of drug-likeness (QED) is 0.833. The van der Waals surface area contributed by atoms with Crippen LogP contribution < -0.4 is 10.5 Å². The van der Waals surface area contributed by atoms with Gasteiger partial charge in [-0.3, -0.25) is 5.10 Å². The minimum absolute atomic E-state index is 0.319. The van der Waals surface area contributed by atoms with Gasteiger partial charge in [-0.25, -0.2) is 0 Å². The topological polar surface area (TPSA) is 63.9 Å². The van der Waals surface area contributed by atoms with Crippen molar-refractivity contribution in [1.82, 2.24) is 10.2 Å². The summed E-state index contributed by atoms with van der Waals surface area (Å²) in [5.41, 5.74) is 6.93. The molecule has 0 radical (unpaired) electrons. The highest BCUT2D eigenvalue weighted by Crippen LogP contribution is 2.25. The van der Waals surface area contributed by atoms with Gasteiger partial charge in [-0.15, -0.1) is 0 Å². The summed E-state index contributed by atoms with van der Waals surface area (Å²) >= 11 is 0. The number of H-pyrrole nitrogens is 1. The van der Waals surface area contributed by atoms with Crippen molar-refractivity contribution >= 4 is 10.9 Å². The van der Waals surface area contributed by atoms with Crippen molar-refractivity contribution in [3.8, 4) is 5.75 Å². The molecule has 0 amide bonds. The third-order valence-corrected chi connectivity index (χ3v) is 3.43. The van der Waals surface area contributed by atoms with E-state index in [1.807, 2.05) is 24.4 Å². The van der Waals surface area contributed by atoms with Gasteiger partial charge in [0.15, 0.2) is 0 Å². The first kappa shape index (κ1) is 10.6. The summed E-state index contributed by atoms with van der Waals surface area (Å²) in [4.78, 5) is 0. The maximum atomic E-state index is 5.98. The number of ether oxygens (including phenoxy) is 1. The molecule has 0 atom stereocenters. The van der Waals surface area contributed by atoms with Crippen LogP contribution >= 0.6 is 0 Å². The molecule has 1 aromatic heterocycles. The van der Waals surface area contributed by atoms with Crippen LogP contribution in [0.4, 0.5) is 0 Å². The summed E-state index contributed by atoms with van der Waals surface area (Å²) < 4.78 is 5.98. The number of rotatable bonds is 2. The molecule has 1 heterocycles. The molecule has 4 nitrogen and oxygen atoms in total. The van der Waals surface area contributed by atoms with E-state index >= 15 is 0 Å². The number of hydrogen-bond donors (Lipinski definition) is 2. The standard InChI is InChI=1S/C13H17N3O/c14-10-1-3-11(4-2-10)17-12-5-6-13-9(7-12)8-15-16-13/h5-8,10-11H,1-4,14H2,(H,15,16)/t10-,11-. The maximum absolute atomic E-state index is 5.98. The van der Waals surface area contributed by atoms with Crippen molar-refractivity contribution in [2.45, 2.75) is 37.8 Å². The third kappa shape index (κ3) is 2.26. The first-order chi connectivity index (χ1) is 8.31.